The van der Waals surface area contributed by atoms with Crippen LogP contribution in [0.1, 0.15) is 42.9 Å². The molecular formula is C30H26BrNO6. The van der Waals surface area contributed by atoms with Gasteiger partial charge in [-0.15, -0.1) is 0 Å². The maximum absolute atomic E-state index is 13.9. The summed E-state index contributed by atoms with van der Waals surface area (Å²) >= 11 is 3.43. The van der Waals surface area contributed by atoms with E-state index in [1.807, 2.05) is 39.0 Å². The number of Topliss-reactive ketones (excluding diaryl/α,β-unsaturated/α-hetero) is 1. The molecule has 0 spiro atoms. The zero-order valence-electron chi connectivity index (χ0n) is 21.1. The van der Waals surface area contributed by atoms with E-state index >= 15 is 0 Å². The van der Waals surface area contributed by atoms with E-state index in [2.05, 4.69) is 15.9 Å². The first kappa shape index (κ1) is 25.6. The van der Waals surface area contributed by atoms with Crippen LogP contribution in [0.2, 0.25) is 0 Å². The van der Waals surface area contributed by atoms with Crippen LogP contribution in [-0.2, 0) is 4.79 Å². The highest BCUT2D eigenvalue weighted by Crippen LogP contribution is 2.43. The minimum atomic E-state index is -0.928. The molecule has 1 aromatic heterocycles. The number of halogens is 1. The minimum absolute atomic E-state index is 0.0250. The number of hydrogen-bond acceptors (Lipinski definition) is 6. The zero-order valence-corrected chi connectivity index (χ0v) is 22.7. The Balaban J connectivity index is 1.65. The number of benzene rings is 3. The highest BCUT2D eigenvalue weighted by atomic mass is 79.9. The molecule has 0 saturated carbocycles. The maximum atomic E-state index is 13.9. The predicted octanol–water partition coefficient (Wildman–Crippen LogP) is 7.16. The van der Waals surface area contributed by atoms with E-state index in [9.17, 15) is 14.7 Å². The fraction of sp³-hybridized carbons (Fsp3) is 0.200. The predicted molar refractivity (Wildman–Crippen MR) is 148 cm³/mol. The number of fused-ring (bicyclic) bond motifs is 1. The van der Waals surface area contributed by atoms with Crippen molar-refractivity contribution in [1.82, 2.24) is 0 Å². The topological polar surface area (TPSA) is 89.2 Å². The van der Waals surface area contributed by atoms with E-state index in [1.54, 1.807) is 54.6 Å². The van der Waals surface area contributed by atoms with Crippen LogP contribution in [-0.4, -0.2) is 29.5 Å². The molecule has 7 nitrogen and oxygen atoms in total. The third-order valence-corrected chi connectivity index (χ3v) is 6.60. The van der Waals surface area contributed by atoms with Gasteiger partial charge in [0.15, 0.2) is 11.5 Å². The van der Waals surface area contributed by atoms with Gasteiger partial charge in [0.2, 0.25) is 5.78 Å². The molecule has 1 amide bonds. The number of anilines is 1. The van der Waals surface area contributed by atoms with Crippen LogP contribution in [0.5, 0.6) is 11.5 Å². The average molecular weight is 576 g/mol. The lowest BCUT2D eigenvalue weighted by molar-refractivity contribution is -0.117. The lowest BCUT2D eigenvalue weighted by Crippen LogP contribution is -2.31. The van der Waals surface area contributed by atoms with Gasteiger partial charge >= 0.3 is 0 Å². The Labute approximate surface area is 228 Å². The molecule has 0 bridgehead atoms. The van der Waals surface area contributed by atoms with Crippen molar-refractivity contribution in [2.75, 3.05) is 11.5 Å². The first-order valence-corrected chi connectivity index (χ1v) is 13.1. The molecule has 2 heterocycles. The summed E-state index contributed by atoms with van der Waals surface area (Å²) in [7, 11) is 0. The highest BCUT2D eigenvalue weighted by Gasteiger charge is 2.45. The molecule has 0 saturated heterocycles. The molecule has 1 unspecified atom stereocenters. The zero-order chi connectivity index (χ0) is 27.0. The molecule has 0 radical (unpaired) electrons. The highest BCUT2D eigenvalue weighted by molar-refractivity contribution is 9.10. The van der Waals surface area contributed by atoms with Gasteiger partial charge in [-0.05, 0) is 74.9 Å². The van der Waals surface area contributed by atoms with Gasteiger partial charge in [0.05, 0.1) is 24.3 Å². The molecule has 1 N–H and O–H groups in total. The summed E-state index contributed by atoms with van der Waals surface area (Å²) in [4.78, 5) is 28.8. The molecule has 1 aliphatic heterocycles. The van der Waals surface area contributed by atoms with E-state index in [4.69, 9.17) is 13.9 Å². The fourth-order valence-electron chi connectivity index (χ4n) is 4.60. The van der Waals surface area contributed by atoms with Crippen molar-refractivity contribution >= 4 is 44.3 Å². The van der Waals surface area contributed by atoms with Crippen LogP contribution in [0.15, 0.2) is 93.0 Å². The summed E-state index contributed by atoms with van der Waals surface area (Å²) in [5, 5.41) is 11.8. The smallest absolute Gasteiger partial charge is 0.294 e. The average Bonchev–Trinajstić information content (AvgIpc) is 3.42. The molecule has 38 heavy (non-hydrogen) atoms. The monoisotopic (exact) mass is 575 g/mol. The van der Waals surface area contributed by atoms with E-state index in [-0.39, 0.29) is 17.4 Å². The molecule has 0 aliphatic carbocycles. The minimum Gasteiger partial charge on any atom is -0.503 e. The normalized spacial score (nSPS) is 15.6. The van der Waals surface area contributed by atoms with Crippen LogP contribution in [0, 0.1) is 0 Å². The summed E-state index contributed by atoms with van der Waals surface area (Å²) in [6, 6.07) is 20.2. The second-order valence-electron chi connectivity index (χ2n) is 9.13. The van der Waals surface area contributed by atoms with Crippen LogP contribution < -0.4 is 14.4 Å². The standard InChI is InChI=1S/C30H26BrNO6/c1-4-36-22-9-6-8-21(16-22)32-27(18-7-5-10-23(14-18)37-17(2)3)26(29(34)30(32)35)28(33)25-15-19-13-20(31)11-12-24(19)38-25/h5-17,27,34H,4H2,1-3H3. The number of hydrogen-bond donors (Lipinski definition) is 1. The summed E-state index contributed by atoms with van der Waals surface area (Å²) in [6.07, 6.45) is -0.0747. The van der Waals surface area contributed by atoms with Crippen molar-refractivity contribution in [2.24, 2.45) is 0 Å². The summed E-state index contributed by atoms with van der Waals surface area (Å²) in [5.41, 5.74) is 1.52. The van der Waals surface area contributed by atoms with E-state index in [0.29, 0.717) is 34.9 Å². The first-order valence-electron chi connectivity index (χ1n) is 12.3. The molecule has 194 valence electrons. The van der Waals surface area contributed by atoms with E-state index in [1.165, 1.54) is 4.90 Å². The number of aliphatic hydroxyl groups is 1. The molecule has 0 fully saturated rings. The van der Waals surface area contributed by atoms with Gasteiger partial charge in [-0.2, -0.15) is 0 Å². The molecule has 1 aliphatic rings. The second kappa shape index (κ2) is 10.4. The van der Waals surface area contributed by atoms with Crippen molar-refractivity contribution < 1.29 is 28.6 Å². The van der Waals surface area contributed by atoms with Crippen molar-refractivity contribution in [3.63, 3.8) is 0 Å². The number of aliphatic hydroxyl groups excluding tert-OH is 1. The van der Waals surface area contributed by atoms with Gasteiger partial charge in [-0.1, -0.05) is 34.1 Å². The molecule has 5 rings (SSSR count). The van der Waals surface area contributed by atoms with E-state index < -0.39 is 23.5 Å². The summed E-state index contributed by atoms with van der Waals surface area (Å²) in [6.45, 7) is 6.15. The number of amides is 1. The lowest BCUT2D eigenvalue weighted by atomic mass is 9.94. The van der Waals surface area contributed by atoms with Crippen LogP contribution in [0.3, 0.4) is 0 Å². The number of ketones is 1. The number of ether oxygens (including phenoxy) is 2. The number of nitrogens with zero attached hydrogens (tertiary/aromatic N) is 1. The maximum Gasteiger partial charge on any atom is 0.294 e. The quantitative estimate of drug-likeness (QED) is 0.224. The van der Waals surface area contributed by atoms with Gasteiger partial charge in [-0.3, -0.25) is 14.5 Å². The van der Waals surface area contributed by atoms with Crippen LogP contribution >= 0.6 is 15.9 Å². The Morgan fingerprint density at radius 2 is 1.82 bits per heavy atom. The second-order valence-corrected chi connectivity index (χ2v) is 10.0. The van der Waals surface area contributed by atoms with Crippen molar-refractivity contribution in [3.05, 3.63) is 99.9 Å². The van der Waals surface area contributed by atoms with Gasteiger partial charge < -0.3 is 19.0 Å². The molecular weight excluding hydrogens is 550 g/mol. The van der Waals surface area contributed by atoms with Gasteiger partial charge in [0.25, 0.3) is 5.91 Å². The Bertz CT molecular complexity index is 1570. The van der Waals surface area contributed by atoms with Crippen molar-refractivity contribution in [3.8, 4) is 11.5 Å². The molecule has 8 heteroatoms. The van der Waals surface area contributed by atoms with Gasteiger partial charge in [0.1, 0.15) is 17.1 Å². The largest absolute Gasteiger partial charge is 0.503 e. The Morgan fingerprint density at radius 3 is 2.58 bits per heavy atom. The Morgan fingerprint density at radius 1 is 1.05 bits per heavy atom. The Hall–Kier alpha value is -4.04. The number of rotatable bonds is 8. The molecule has 1 atom stereocenters. The third kappa shape index (κ3) is 4.79. The van der Waals surface area contributed by atoms with Gasteiger partial charge in [-0.25, -0.2) is 0 Å². The van der Waals surface area contributed by atoms with Crippen molar-refractivity contribution in [2.45, 2.75) is 32.9 Å². The molecule has 3 aromatic carbocycles. The number of carbonyl (C=O) groups is 2. The van der Waals surface area contributed by atoms with Crippen LogP contribution in [0.25, 0.3) is 11.0 Å². The van der Waals surface area contributed by atoms with Crippen molar-refractivity contribution in [1.29, 1.82) is 0 Å². The van der Waals surface area contributed by atoms with E-state index in [0.717, 1.165) is 9.86 Å². The first-order chi connectivity index (χ1) is 18.3. The number of furan rings is 1. The fourth-order valence-corrected chi connectivity index (χ4v) is 4.98. The van der Waals surface area contributed by atoms with Crippen LogP contribution in [0.4, 0.5) is 5.69 Å². The van der Waals surface area contributed by atoms with Gasteiger partial charge in [0, 0.05) is 21.6 Å². The molecule has 4 aromatic rings. The third-order valence-electron chi connectivity index (χ3n) is 6.11. The summed E-state index contributed by atoms with van der Waals surface area (Å²) in [5.74, 6) is -0.723. The SMILES string of the molecule is CCOc1cccc(N2C(=O)C(O)=C(C(=O)c3cc4cc(Br)ccc4o3)C2c2cccc(OC(C)C)c2)c1. The number of carbonyl (C=O) groups excluding carboxylic acids is 2. The summed E-state index contributed by atoms with van der Waals surface area (Å²) < 4.78 is 18.2. The lowest BCUT2D eigenvalue weighted by Gasteiger charge is -2.27. The Kier molecular flexibility index (Phi) is 6.99.